The lowest BCUT2D eigenvalue weighted by atomic mass is 9.80. The van der Waals surface area contributed by atoms with Crippen LogP contribution in [-0.2, 0) is 19.7 Å². The first kappa shape index (κ1) is 25.3. The Morgan fingerprint density at radius 3 is 2.61 bits per heavy atom. The molecule has 1 saturated heterocycles. The molecule has 1 fully saturated rings. The van der Waals surface area contributed by atoms with Crippen LogP contribution in [-0.4, -0.2) is 45.5 Å². The highest BCUT2D eigenvalue weighted by Crippen LogP contribution is 2.36. The SMILES string of the molecule is Cc1noc(C#Cc2nc3oc(C4(C(=O)O)CCOCC4)nc3o2)c1NC(=O)OC(C)c1ccccc1Cl. The van der Waals surface area contributed by atoms with Crippen molar-refractivity contribution in [1.82, 2.24) is 15.1 Å². The van der Waals surface area contributed by atoms with Gasteiger partial charge >= 0.3 is 12.1 Å². The number of benzene rings is 1. The van der Waals surface area contributed by atoms with E-state index in [0.29, 0.717) is 16.3 Å². The molecule has 1 atom stereocenters. The van der Waals surface area contributed by atoms with Gasteiger partial charge in [0.05, 0.1) is 0 Å². The summed E-state index contributed by atoms with van der Waals surface area (Å²) in [5.74, 6) is 4.31. The number of aromatic nitrogens is 3. The van der Waals surface area contributed by atoms with Crippen LogP contribution in [0.4, 0.5) is 10.5 Å². The van der Waals surface area contributed by atoms with Crippen LogP contribution in [0.25, 0.3) is 11.4 Å². The molecule has 3 aromatic heterocycles. The Hall–Kier alpha value is -4.34. The lowest BCUT2D eigenvalue weighted by Gasteiger charge is -2.29. The Bertz CT molecular complexity index is 1540. The average molecular weight is 541 g/mol. The predicted octanol–water partition coefficient (Wildman–Crippen LogP) is 4.61. The molecule has 5 rings (SSSR count). The summed E-state index contributed by atoms with van der Waals surface area (Å²) in [6, 6.07) is 7.04. The summed E-state index contributed by atoms with van der Waals surface area (Å²) in [6.07, 6.45) is -0.922. The number of nitrogens with zero attached hydrogens (tertiary/aromatic N) is 3. The molecule has 0 bridgehead atoms. The average Bonchev–Trinajstić information content (AvgIpc) is 3.57. The van der Waals surface area contributed by atoms with Crippen molar-refractivity contribution in [3.63, 3.8) is 0 Å². The van der Waals surface area contributed by atoms with E-state index in [9.17, 15) is 14.7 Å². The molecule has 38 heavy (non-hydrogen) atoms. The maximum Gasteiger partial charge on any atom is 0.412 e. The number of ether oxygens (including phenoxy) is 2. The van der Waals surface area contributed by atoms with Gasteiger partial charge in [-0.05, 0) is 38.7 Å². The minimum Gasteiger partial charge on any atom is -0.480 e. The van der Waals surface area contributed by atoms with E-state index in [1.54, 1.807) is 38.1 Å². The number of hydrogen-bond donors (Lipinski definition) is 2. The highest BCUT2D eigenvalue weighted by molar-refractivity contribution is 6.31. The maximum absolute atomic E-state index is 12.5. The van der Waals surface area contributed by atoms with Gasteiger partial charge in [0.2, 0.25) is 11.7 Å². The van der Waals surface area contributed by atoms with Gasteiger partial charge in [0, 0.05) is 29.7 Å². The number of oxazole rings is 2. The second kappa shape index (κ2) is 10.2. The van der Waals surface area contributed by atoms with Gasteiger partial charge in [-0.1, -0.05) is 35.0 Å². The predicted molar refractivity (Wildman–Crippen MR) is 131 cm³/mol. The third kappa shape index (κ3) is 4.81. The van der Waals surface area contributed by atoms with E-state index < -0.39 is 23.6 Å². The van der Waals surface area contributed by atoms with Crippen molar-refractivity contribution in [2.45, 2.75) is 38.2 Å². The molecule has 1 amide bonds. The number of amides is 1. The molecular weight excluding hydrogens is 520 g/mol. The first-order valence-electron chi connectivity index (χ1n) is 11.6. The molecule has 2 N–H and O–H groups in total. The Balaban J connectivity index is 1.32. The van der Waals surface area contributed by atoms with Crippen LogP contribution in [0.15, 0.2) is 37.6 Å². The van der Waals surface area contributed by atoms with Crippen molar-refractivity contribution >= 4 is 40.8 Å². The number of aryl methyl sites for hydroxylation is 1. The summed E-state index contributed by atoms with van der Waals surface area (Å²) >= 11 is 6.17. The first-order valence-corrected chi connectivity index (χ1v) is 11.9. The van der Waals surface area contributed by atoms with E-state index in [1.807, 2.05) is 0 Å². The Kier molecular flexibility index (Phi) is 6.79. The normalized spacial score (nSPS) is 15.4. The number of carboxylic acid groups (broad SMARTS) is 1. The fraction of sp³-hybridized carbons (Fsp3) is 0.320. The van der Waals surface area contributed by atoms with Crippen molar-refractivity contribution in [2.75, 3.05) is 18.5 Å². The molecule has 1 unspecified atom stereocenters. The molecule has 0 aliphatic carbocycles. The third-order valence-corrected chi connectivity index (χ3v) is 6.48. The molecule has 196 valence electrons. The third-order valence-electron chi connectivity index (χ3n) is 6.14. The molecule has 1 aliphatic rings. The lowest BCUT2D eigenvalue weighted by molar-refractivity contribution is -0.149. The number of carbonyl (C=O) groups is 2. The molecule has 1 aliphatic heterocycles. The molecule has 0 saturated carbocycles. The van der Waals surface area contributed by atoms with Crippen molar-refractivity contribution < 1.29 is 37.5 Å². The van der Waals surface area contributed by atoms with Gasteiger partial charge in [-0.2, -0.15) is 9.97 Å². The summed E-state index contributed by atoms with van der Waals surface area (Å²) in [5, 5.41) is 16.7. The van der Waals surface area contributed by atoms with E-state index in [0.717, 1.165) is 0 Å². The molecule has 4 aromatic rings. The molecule has 0 spiro atoms. The van der Waals surface area contributed by atoms with Crippen molar-refractivity contribution in [2.24, 2.45) is 0 Å². The highest BCUT2D eigenvalue weighted by atomic mass is 35.5. The van der Waals surface area contributed by atoms with Crippen LogP contribution >= 0.6 is 11.6 Å². The Labute approximate surface area is 220 Å². The van der Waals surface area contributed by atoms with Crippen LogP contribution in [0.5, 0.6) is 0 Å². The summed E-state index contributed by atoms with van der Waals surface area (Å²) in [7, 11) is 0. The summed E-state index contributed by atoms with van der Waals surface area (Å²) in [5.41, 5.74) is -0.0286. The van der Waals surface area contributed by atoms with Crippen molar-refractivity contribution in [3.05, 3.63) is 58.1 Å². The number of carboxylic acids is 1. The second-order valence-electron chi connectivity index (χ2n) is 8.56. The fourth-order valence-electron chi connectivity index (χ4n) is 4.01. The minimum atomic E-state index is -1.30. The standard InChI is InChI=1S/C25H21ClN4O8/c1-13-19(28-24(33)35-14(2)15-5-3-4-6-16(15)26)17(38-30-13)7-8-18-27-20-21(36-18)29-22(37-20)25(23(31)32)9-11-34-12-10-25/h3-6,14H,9-12H2,1-2H3,(H,28,33)(H,31,32). The first-order chi connectivity index (χ1) is 18.3. The number of fused-ring (bicyclic) bond motifs is 1. The van der Waals surface area contributed by atoms with Crippen LogP contribution in [0.3, 0.4) is 0 Å². The number of anilines is 1. The monoisotopic (exact) mass is 540 g/mol. The number of halogens is 1. The molecule has 4 heterocycles. The van der Waals surface area contributed by atoms with Gasteiger partial charge < -0.3 is 27.9 Å². The van der Waals surface area contributed by atoms with E-state index in [2.05, 4.69) is 32.3 Å². The number of aliphatic carboxylic acids is 1. The zero-order valence-corrected chi connectivity index (χ0v) is 21.0. The molecule has 12 nitrogen and oxygen atoms in total. The fourth-order valence-corrected chi connectivity index (χ4v) is 4.30. The second-order valence-corrected chi connectivity index (χ2v) is 8.97. The Morgan fingerprint density at radius 1 is 1.16 bits per heavy atom. The van der Waals surface area contributed by atoms with Crippen LogP contribution < -0.4 is 5.32 Å². The number of hydrogen-bond acceptors (Lipinski definition) is 10. The smallest absolute Gasteiger partial charge is 0.412 e. The molecule has 0 radical (unpaired) electrons. The van der Waals surface area contributed by atoms with Gasteiger partial charge in [0.25, 0.3) is 17.3 Å². The maximum atomic E-state index is 12.5. The summed E-state index contributed by atoms with van der Waals surface area (Å²) < 4.78 is 27.1. The van der Waals surface area contributed by atoms with Crippen molar-refractivity contribution in [1.29, 1.82) is 0 Å². The van der Waals surface area contributed by atoms with Gasteiger partial charge in [-0.15, -0.1) is 0 Å². The van der Waals surface area contributed by atoms with Crippen LogP contribution in [0, 0.1) is 18.8 Å². The van der Waals surface area contributed by atoms with Crippen LogP contribution in [0.2, 0.25) is 5.02 Å². The Morgan fingerprint density at radius 2 is 1.89 bits per heavy atom. The van der Waals surface area contributed by atoms with Gasteiger partial charge in [0.15, 0.2) is 0 Å². The lowest BCUT2D eigenvalue weighted by Crippen LogP contribution is -2.41. The zero-order valence-electron chi connectivity index (χ0n) is 20.2. The van der Waals surface area contributed by atoms with Crippen LogP contribution in [0.1, 0.15) is 54.7 Å². The van der Waals surface area contributed by atoms with Crippen molar-refractivity contribution in [3.8, 4) is 11.8 Å². The zero-order chi connectivity index (χ0) is 26.9. The van der Waals surface area contributed by atoms with E-state index in [1.165, 1.54) is 0 Å². The largest absolute Gasteiger partial charge is 0.480 e. The molecule has 13 heteroatoms. The van der Waals surface area contributed by atoms with E-state index >= 15 is 0 Å². The number of carbonyl (C=O) groups excluding carboxylic acids is 1. The number of rotatable bonds is 5. The minimum absolute atomic E-state index is 0.0101. The highest BCUT2D eigenvalue weighted by Gasteiger charge is 2.47. The molecule has 1 aromatic carbocycles. The van der Waals surface area contributed by atoms with E-state index in [-0.39, 0.29) is 60.7 Å². The van der Waals surface area contributed by atoms with Gasteiger partial charge in [-0.3, -0.25) is 10.1 Å². The van der Waals surface area contributed by atoms with Gasteiger partial charge in [0.1, 0.15) is 22.9 Å². The summed E-state index contributed by atoms with van der Waals surface area (Å²) in [4.78, 5) is 32.8. The summed E-state index contributed by atoms with van der Waals surface area (Å²) in [6.45, 7) is 3.87. The van der Waals surface area contributed by atoms with Gasteiger partial charge in [-0.25, -0.2) is 4.79 Å². The van der Waals surface area contributed by atoms with E-state index in [4.69, 9.17) is 34.4 Å². The molecular formula is C25H21ClN4O8. The number of nitrogens with one attached hydrogen (secondary N) is 1. The topological polar surface area (TPSA) is 163 Å². The quantitative estimate of drug-likeness (QED) is 0.340.